The van der Waals surface area contributed by atoms with Gasteiger partial charge in [-0.2, -0.15) is 0 Å². The lowest BCUT2D eigenvalue weighted by atomic mass is 10.1. The van der Waals surface area contributed by atoms with E-state index in [1.807, 2.05) is 24.3 Å². The highest BCUT2D eigenvalue weighted by molar-refractivity contribution is 7.88. The van der Waals surface area contributed by atoms with E-state index in [0.717, 1.165) is 17.5 Å². The molecule has 1 aliphatic rings. The second-order valence-electron chi connectivity index (χ2n) is 5.25. The first kappa shape index (κ1) is 15.4. The van der Waals surface area contributed by atoms with E-state index in [4.69, 9.17) is 10.8 Å². The molecule has 5 nitrogen and oxygen atoms in total. The molecule has 1 heterocycles. The fourth-order valence-electron chi connectivity index (χ4n) is 2.65. The fourth-order valence-corrected chi connectivity index (χ4v) is 4.33. The molecule has 0 spiro atoms. The van der Waals surface area contributed by atoms with Crippen LogP contribution in [0.1, 0.15) is 24.0 Å². The molecule has 1 aromatic carbocycles. The molecule has 1 atom stereocenters. The van der Waals surface area contributed by atoms with Crippen LogP contribution in [0.5, 0.6) is 0 Å². The van der Waals surface area contributed by atoms with E-state index in [1.54, 1.807) is 4.31 Å². The molecule has 112 valence electrons. The van der Waals surface area contributed by atoms with Crippen LogP contribution in [-0.2, 0) is 22.3 Å². The van der Waals surface area contributed by atoms with Crippen molar-refractivity contribution in [3.8, 4) is 0 Å². The zero-order valence-electron chi connectivity index (χ0n) is 11.5. The Morgan fingerprint density at radius 2 is 2.00 bits per heavy atom. The van der Waals surface area contributed by atoms with Crippen LogP contribution in [-0.4, -0.2) is 37.5 Å². The number of benzene rings is 1. The first-order chi connectivity index (χ1) is 9.56. The van der Waals surface area contributed by atoms with Gasteiger partial charge in [-0.15, -0.1) is 0 Å². The molecule has 0 aromatic heterocycles. The van der Waals surface area contributed by atoms with Crippen molar-refractivity contribution in [3.05, 3.63) is 35.4 Å². The number of nitrogens with two attached hydrogens (primary N) is 1. The van der Waals surface area contributed by atoms with Gasteiger partial charge in [-0.1, -0.05) is 24.3 Å². The monoisotopic (exact) mass is 298 g/mol. The number of aliphatic hydroxyl groups is 1. The third kappa shape index (κ3) is 3.58. The molecule has 3 N–H and O–H groups in total. The number of sulfonamides is 1. The molecule has 0 saturated carbocycles. The van der Waals surface area contributed by atoms with Gasteiger partial charge in [0.1, 0.15) is 0 Å². The maximum absolute atomic E-state index is 12.4. The molecule has 6 heteroatoms. The third-order valence-electron chi connectivity index (χ3n) is 3.86. The van der Waals surface area contributed by atoms with Crippen LogP contribution in [0.2, 0.25) is 0 Å². The van der Waals surface area contributed by atoms with Crippen molar-refractivity contribution in [2.75, 3.05) is 19.7 Å². The van der Waals surface area contributed by atoms with Gasteiger partial charge >= 0.3 is 0 Å². The molecule has 1 unspecified atom stereocenters. The maximum atomic E-state index is 12.4. The molecule has 1 aliphatic heterocycles. The molecule has 2 rings (SSSR count). The zero-order chi connectivity index (χ0) is 14.6. The summed E-state index contributed by atoms with van der Waals surface area (Å²) in [5, 5.41) is 8.94. The van der Waals surface area contributed by atoms with Crippen molar-refractivity contribution in [1.29, 1.82) is 0 Å². The van der Waals surface area contributed by atoms with Crippen molar-refractivity contribution >= 4 is 10.0 Å². The van der Waals surface area contributed by atoms with Crippen molar-refractivity contribution < 1.29 is 13.5 Å². The van der Waals surface area contributed by atoms with E-state index in [-0.39, 0.29) is 18.3 Å². The van der Waals surface area contributed by atoms with Crippen molar-refractivity contribution in [1.82, 2.24) is 4.31 Å². The predicted octanol–water partition coefficient (Wildman–Crippen LogP) is 0.679. The summed E-state index contributed by atoms with van der Waals surface area (Å²) in [5.41, 5.74) is 7.30. The number of rotatable bonds is 6. The summed E-state index contributed by atoms with van der Waals surface area (Å²) in [6, 6.07) is 7.39. The van der Waals surface area contributed by atoms with Gasteiger partial charge in [-0.05, 0) is 29.9 Å². The molecule has 20 heavy (non-hydrogen) atoms. The van der Waals surface area contributed by atoms with Crippen LogP contribution < -0.4 is 5.73 Å². The average molecular weight is 298 g/mol. The number of aliphatic hydroxyl groups excluding tert-OH is 1. The van der Waals surface area contributed by atoms with Crippen LogP contribution in [0, 0.1) is 5.92 Å². The van der Waals surface area contributed by atoms with Crippen LogP contribution in [0.15, 0.2) is 24.3 Å². The molecule has 1 saturated heterocycles. The van der Waals surface area contributed by atoms with E-state index < -0.39 is 10.0 Å². The van der Waals surface area contributed by atoms with Gasteiger partial charge in [0.05, 0.1) is 5.75 Å². The van der Waals surface area contributed by atoms with E-state index in [9.17, 15) is 8.42 Å². The lowest BCUT2D eigenvalue weighted by Gasteiger charge is -2.17. The van der Waals surface area contributed by atoms with E-state index in [2.05, 4.69) is 0 Å². The SMILES string of the molecule is NCc1ccccc1CS(=O)(=O)N1CCC(CCO)C1. The molecule has 1 fully saturated rings. The Hall–Kier alpha value is -0.950. The number of hydrogen-bond donors (Lipinski definition) is 2. The third-order valence-corrected chi connectivity index (χ3v) is 5.65. The van der Waals surface area contributed by atoms with E-state index >= 15 is 0 Å². The molecule has 0 amide bonds. The van der Waals surface area contributed by atoms with Crippen molar-refractivity contribution in [2.24, 2.45) is 11.7 Å². The second-order valence-corrected chi connectivity index (χ2v) is 7.22. The summed E-state index contributed by atoms with van der Waals surface area (Å²) in [5.74, 6) is 0.284. The van der Waals surface area contributed by atoms with Gasteiger partial charge in [0.15, 0.2) is 0 Å². The first-order valence-corrected chi connectivity index (χ1v) is 8.53. The quantitative estimate of drug-likeness (QED) is 0.809. The summed E-state index contributed by atoms with van der Waals surface area (Å²) in [6.45, 7) is 1.54. The normalized spacial score (nSPS) is 20.4. The Kier molecular flexibility index (Phi) is 5.15. The van der Waals surface area contributed by atoms with Gasteiger partial charge in [-0.3, -0.25) is 0 Å². The highest BCUT2D eigenvalue weighted by Crippen LogP contribution is 2.24. The van der Waals surface area contributed by atoms with Gasteiger partial charge < -0.3 is 10.8 Å². The maximum Gasteiger partial charge on any atom is 0.218 e. The summed E-state index contributed by atoms with van der Waals surface area (Å²) < 4.78 is 26.4. The molecular formula is C14H22N2O3S. The van der Waals surface area contributed by atoms with Crippen LogP contribution in [0.4, 0.5) is 0 Å². The van der Waals surface area contributed by atoms with E-state index in [1.165, 1.54) is 0 Å². The molecule has 0 radical (unpaired) electrons. The second kappa shape index (κ2) is 6.67. The lowest BCUT2D eigenvalue weighted by molar-refractivity contribution is 0.259. The van der Waals surface area contributed by atoms with Gasteiger partial charge in [0.25, 0.3) is 0 Å². The Bertz CT molecular complexity index is 545. The average Bonchev–Trinajstić information content (AvgIpc) is 2.89. The highest BCUT2D eigenvalue weighted by atomic mass is 32.2. The number of nitrogens with zero attached hydrogens (tertiary/aromatic N) is 1. The highest BCUT2D eigenvalue weighted by Gasteiger charge is 2.31. The van der Waals surface area contributed by atoms with Gasteiger partial charge in [-0.25, -0.2) is 12.7 Å². The van der Waals surface area contributed by atoms with Crippen molar-refractivity contribution in [3.63, 3.8) is 0 Å². The molecule has 1 aromatic rings. The number of hydrogen-bond acceptors (Lipinski definition) is 4. The molecular weight excluding hydrogens is 276 g/mol. The Morgan fingerprint density at radius 1 is 1.30 bits per heavy atom. The molecule has 0 aliphatic carbocycles. The summed E-state index contributed by atoms with van der Waals surface area (Å²) in [6.07, 6.45) is 1.50. The lowest BCUT2D eigenvalue weighted by Crippen LogP contribution is -2.30. The minimum Gasteiger partial charge on any atom is -0.396 e. The van der Waals surface area contributed by atoms with Crippen LogP contribution in [0.25, 0.3) is 0 Å². The zero-order valence-corrected chi connectivity index (χ0v) is 12.3. The minimum absolute atomic E-state index is 0.00617. The largest absolute Gasteiger partial charge is 0.396 e. The van der Waals surface area contributed by atoms with E-state index in [0.29, 0.717) is 26.1 Å². The van der Waals surface area contributed by atoms with Gasteiger partial charge in [0, 0.05) is 26.2 Å². The van der Waals surface area contributed by atoms with Crippen LogP contribution >= 0.6 is 0 Å². The topological polar surface area (TPSA) is 83.6 Å². The summed E-state index contributed by atoms with van der Waals surface area (Å²) >= 11 is 0. The smallest absolute Gasteiger partial charge is 0.218 e. The van der Waals surface area contributed by atoms with Crippen molar-refractivity contribution in [2.45, 2.75) is 25.1 Å². The Morgan fingerprint density at radius 3 is 2.65 bits per heavy atom. The first-order valence-electron chi connectivity index (χ1n) is 6.92. The van der Waals surface area contributed by atoms with Gasteiger partial charge in [0.2, 0.25) is 10.0 Å². The summed E-state index contributed by atoms with van der Waals surface area (Å²) in [4.78, 5) is 0. The minimum atomic E-state index is -3.30. The van der Waals surface area contributed by atoms with Crippen LogP contribution in [0.3, 0.4) is 0 Å². The fraction of sp³-hybridized carbons (Fsp3) is 0.571. The predicted molar refractivity (Wildman–Crippen MR) is 78.3 cm³/mol. The standard InChI is InChI=1S/C14H22N2O3S/c15-9-13-3-1-2-4-14(13)11-20(18,19)16-7-5-12(10-16)6-8-17/h1-4,12,17H,5-11,15H2. The summed E-state index contributed by atoms with van der Waals surface area (Å²) in [7, 11) is -3.30. The Labute approximate surface area is 120 Å². The Balaban J connectivity index is 2.08. The molecule has 0 bridgehead atoms.